The van der Waals surface area contributed by atoms with Crippen molar-refractivity contribution in [3.8, 4) is 0 Å². The minimum absolute atomic E-state index is 0.00685. The highest BCUT2D eigenvalue weighted by molar-refractivity contribution is 5.98. The number of carbonyl (C=O) groups is 1. The minimum Gasteiger partial charge on any atom is -0.368 e. The van der Waals surface area contributed by atoms with Crippen LogP contribution in [0.15, 0.2) is 30.6 Å². The predicted octanol–water partition coefficient (Wildman–Crippen LogP) is 2.19. The Morgan fingerprint density at radius 2 is 1.94 bits per heavy atom. The molecule has 32 heavy (non-hydrogen) atoms. The summed E-state index contributed by atoms with van der Waals surface area (Å²) in [5, 5.41) is 7.51. The highest BCUT2D eigenvalue weighted by atomic mass is 16.2. The number of hydrogen-bond acceptors (Lipinski definition) is 7. The number of pyridine rings is 1. The average Bonchev–Trinajstić information content (AvgIpc) is 3.11. The molecule has 3 aliphatic carbocycles. The number of anilines is 3. The van der Waals surface area contributed by atoms with E-state index in [9.17, 15) is 4.79 Å². The third kappa shape index (κ3) is 3.02. The molecule has 166 valence electrons. The van der Waals surface area contributed by atoms with Gasteiger partial charge in [-0.1, -0.05) is 0 Å². The number of aromatic nitrogens is 4. The number of nitrogens with one attached hydrogen (secondary N) is 2. The van der Waals surface area contributed by atoms with Gasteiger partial charge in [-0.05, 0) is 43.4 Å². The molecule has 0 aromatic carbocycles. The second-order valence-electron chi connectivity index (χ2n) is 9.50. The predicted molar refractivity (Wildman–Crippen MR) is 123 cm³/mol. The summed E-state index contributed by atoms with van der Waals surface area (Å²) in [5.41, 5.74) is 2.69. The van der Waals surface area contributed by atoms with E-state index >= 15 is 0 Å². The molecule has 9 heteroatoms. The molecule has 2 N–H and O–H groups in total. The number of amides is 1. The van der Waals surface area contributed by atoms with Crippen molar-refractivity contribution < 1.29 is 4.79 Å². The zero-order valence-corrected chi connectivity index (χ0v) is 18.5. The van der Waals surface area contributed by atoms with Crippen LogP contribution in [-0.4, -0.2) is 70.6 Å². The van der Waals surface area contributed by atoms with Crippen molar-refractivity contribution in [2.45, 2.75) is 24.8 Å². The lowest BCUT2D eigenvalue weighted by molar-refractivity contribution is -0.0870. The molecule has 1 amide bonds. The van der Waals surface area contributed by atoms with Crippen LogP contribution in [-0.2, 0) is 5.54 Å². The van der Waals surface area contributed by atoms with E-state index in [1.165, 1.54) is 0 Å². The van der Waals surface area contributed by atoms with Gasteiger partial charge >= 0.3 is 0 Å². The van der Waals surface area contributed by atoms with Crippen LogP contribution in [0.1, 0.15) is 29.8 Å². The van der Waals surface area contributed by atoms with E-state index in [2.05, 4.69) is 36.1 Å². The molecule has 4 fully saturated rings. The highest BCUT2D eigenvalue weighted by Crippen LogP contribution is 2.63. The van der Waals surface area contributed by atoms with Gasteiger partial charge in [-0.15, -0.1) is 0 Å². The van der Waals surface area contributed by atoms with E-state index in [4.69, 9.17) is 4.98 Å². The third-order valence-corrected chi connectivity index (χ3v) is 7.12. The van der Waals surface area contributed by atoms with Gasteiger partial charge in [0, 0.05) is 57.4 Å². The molecule has 4 aliphatic rings. The molecule has 9 nitrogen and oxygen atoms in total. The molecule has 4 heterocycles. The molecule has 3 saturated carbocycles. The van der Waals surface area contributed by atoms with Crippen molar-refractivity contribution >= 4 is 34.4 Å². The first kappa shape index (κ1) is 19.5. The molecule has 0 atom stereocenters. The fraction of sp³-hybridized carbons (Fsp3) is 0.478. The quantitative estimate of drug-likeness (QED) is 0.639. The highest BCUT2D eigenvalue weighted by Gasteiger charge is 2.59. The number of carbonyl (C=O) groups excluding carboxylic acids is 1. The van der Waals surface area contributed by atoms with Gasteiger partial charge in [0.2, 0.25) is 5.95 Å². The molecule has 7 rings (SSSR count). The summed E-state index contributed by atoms with van der Waals surface area (Å²) in [6.07, 6.45) is 7.09. The summed E-state index contributed by atoms with van der Waals surface area (Å²) in [4.78, 5) is 30.8. The second kappa shape index (κ2) is 7.16. The first-order valence-electron chi connectivity index (χ1n) is 11.3. The lowest BCUT2D eigenvalue weighted by atomic mass is 9.49. The van der Waals surface area contributed by atoms with Crippen LogP contribution in [0.4, 0.5) is 17.5 Å². The summed E-state index contributed by atoms with van der Waals surface area (Å²) in [5.74, 6) is 2.01. The molecule has 1 aliphatic heterocycles. The number of rotatable bonds is 5. The third-order valence-electron chi connectivity index (χ3n) is 7.12. The summed E-state index contributed by atoms with van der Waals surface area (Å²) < 4.78 is 2.18. The average molecular weight is 433 g/mol. The molecule has 1 saturated heterocycles. The molecular formula is C23H28N8O. The Kier molecular flexibility index (Phi) is 4.36. The van der Waals surface area contributed by atoms with Crippen molar-refractivity contribution in [1.82, 2.24) is 29.7 Å². The zero-order valence-electron chi connectivity index (χ0n) is 18.5. The lowest BCUT2D eigenvalue weighted by Gasteiger charge is -2.62. The number of hydrogen-bond donors (Lipinski definition) is 2. The largest absolute Gasteiger partial charge is 0.368 e. The van der Waals surface area contributed by atoms with Crippen LogP contribution >= 0.6 is 0 Å². The first-order valence-corrected chi connectivity index (χ1v) is 11.3. The van der Waals surface area contributed by atoms with Gasteiger partial charge < -0.3 is 25.0 Å². The fourth-order valence-corrected chi connectivity index (χ4v) is 5.31. The van der Waals surface area contributed by atoms with E-state index in [1.807, 2.05) is 18.3 Å². The topological polar surface area (TPSA) is 91.2 Å². The van der Waals surface area contributed by atoms with Crippen molar-refractivity contribution in [2.24, 2.45) is 5.92 Å². The smallest absolute Gasteiger partial charge is 0.270 e. The first-order chi connectivity index (χ1) is 15.5. The molecule has 0 radical (unpaired) electrons. The van der Waals surface area contributed by atoms with Gasteiger partial charge in [-0.3, -0.25) is 4.79 Å². The van der Waals surface area contributed by atoms with Crippen molar-refractivity contribution in [2.75, 3.05) is 50.5 Å². The van der Waals surface area contributed by atoms with E-state index in [1.54, 1.807) is 25.2 Å². The Bertz CT molecular complexity index is 1160. The van der Waals surface area contributed by atoms with Crippen molar-refractivity contribution in [1.29, 1.82) is 0 Å². The normalized spacial score (nSPS) is 24.1. The zero-order chi connectivity index (χ0) is 21.9. The van der Waals surface area contributed by atoms with Crippen LogP contribution in [0.2, 0.25) is 0 Å². The summed E-state index contributed by atoms with van der Waals surface area (Å²) in [7, 11) is 3.58. The van der Waals surface area contributed by atoms with Crippen LogP contribution in [0, 0.1) is 5.92 Å². The van der Waals surface area contributed by atoms with Gasteiger partial charge in [0.15, 0.2) is 0 Å². The Labute approximate surface area is 186 Å². The number of fused-ring (bicyclic) bond motifs is 1. The molecular weight excluding hydrogens is 404 g/mol. The maximum absolute atomic E-state index is 12.9. The van der Waals surface area contributed by atoms with Gasteiger partial charge in [0.1, 0.15) is 17.2 Å². The van der Waals surface area contributed by atoms with E-state index in [0.717, 1.165) is 68.1 Å². The van der Waals surface area contributed by atoms with Crippen LogP contribution in [0.3, 0.4) is 0 Å². The van der Waals surface area contributed by atoms with Crippen LogP contribution in [0.25, 0.3) is 11.0 Å². The van der Waals surface area contributed by atoms with Crippen molar-refractivity contribution in [3.63, 3.8) is 0 Å². The van der Waals surface area contributed by atoms with Gasteiger partial charge in [0.05, 0.1) is 11.9 Å². The summed E-state index contributed by atoms with van der Waals surface area (Å²) in [6, 6.07) is 5.98. The van der Waals surface area contributed by atoms with Gasteiger partial charge in [-0.2, -0.15) is 4.98 Å². The molecule has 0 spiro atoms. The van der Waals surface area contributed by atoms with Gasteiger partial charge in [-0.25, -0.2) is 9.97 Å². The number of nitrogens with zero attached hydrogens (tertiary/aromatic N) is 6. The van der Waals surface area contributed by atoms with E-state index < -0.39 is 0 Å². The summed E-state index contributed by atoms with van der Waals surface area (Å²) >= 11 is 0. The fourth-order valence-electron chi connectivity index (χ4n) is 5.31. The van der Waals surface area contributed by atoms with Crippen molar-refractivity contribution in [3.05, 3.63) is 36.3 Å². The second-order valence-corrected chi connectivity index (χ2v) is 9.50. The maximum Gasteiger partial charge on any atom is 0.270 e. The molecule has 0 unspecified atom stereocenters. The Balaban J connectivity index is 1.31. The Hall–Kier alpha value is -3.20. The molecule has 3 aromatic rings. The van der Waals surface area contributed by atoms with Gasteiger partial charge in [0.25, 0.3) is 5.91 Å². The standard InChI is InChI=1S/C23H28N8O/c1-29(2)21(32)18-9-16-13-26-22(28-20(16)31(18)23-10-15(11-23)12-23)27-19-4-3-17(14-25-19)30-7-5-24-6-8-30/h3-4,9,13-15,24H,5-8,10-12H2,1-2H3,(H,25,26,27,28). The van der Waals surface area contributed by atoms with E-state index in [-0.39, 0.29) is 11.4 Å². The minimum atomic E-state index is 0.00685. The Morgan fingerprint density at radius 3 is 2.56 bits per heavy atom. The summed E-state index contributed by atoms with van der Waals surface area (Å²) in [6.45, 7) is 3.96. The van der Waals surface area contributed by atoms with E-state index in [0.29, 0.717) is 17.5 Å². The molecule has 3 aromatic heterocycles. The number of piperazine rings is 1. The SMILES string of the molecule is CN(C)C(=O)c1cc2cnc(Nc3ccc(N4CCNCC4)cn3)nc2n1C12CC(C1)C2. The lowest BCUT2D eigenvalue weighted by Crippen LogP contribution is -2.60. The maximum atomic E-state index is 12.9. The Morgan fingerprint density at radius 1 is 1.16 bits per heavy atom. The molecule has 2 bridgehead atoms. The monoisotopic (exact) mass is 432 g/mol. The van der Waals surface area contributed by atoms with Crippen LogP contribution < -0.4 is 15.5 Å². The van der Waals surface area contributed by atoms with Crippen LogP contribution in [0.5, 0.6) is 0 Å².